The number of hydrazine groups is 1. The highest BCUT2D eigenvalue weighted by molar-refractivity contribution is 7.80. The van der Waals surface area contributed by atoms with Crippen LogP contribution in [0.1, 0.15) is 32.6 Å². The summed E-state index contributed by atoms with van der Waals surface area (Å²) in [5.41, 5.74) is 5.92. The molecule has 0 aromatic heterocycles. The first-order chi connectivity index (χ1) is 10.6. The van der Waals surface area contributed by atoms with E-state index >= 15 is 0 Å². The van der Waals surface area contributed by atoms with Gasteiger partial charge in [-0.3, -0.25) is 10.9 Å². The molecule has 1 fully saturated rings. The molecule has 22 heavy (non-hydrogen) atoms. The van der Waals surface area contributed by atoms with Gasteiger partial charge in [0.05, 0.1) is 5.69 Å². The second-order valence-corrected chi connectivity index (χ2v) is 6.34. The molecule has 1 aliphatic rings. The predicted octanol–water partition coefficient (Wildman–Crippen LogP) is 3.07. The van der Waals surface area contributed by atoms with E-state index in [0.29, 0.717) is 22.8 Å². The topological polar surface area (TPSA) is 48.1 Å². The molecule has 0 unspecified atom stereocenters. The third-order valence-electron chi connectivity index (χ3n) is 3.84. The minimum Gasteiger partial charge on any atom is -0.358 e. The standard InChI is InChI=1S/C15H21FN4S2/c1-10-6-2-4-8-12(10)17-14(21)19-20-15(22)18-13-9-5-3-7-11(13)16/h3,5,7,9-10,12H,2,4,6,8H2,1H3,(H2,17,19,21)(H2,18,20,22)/t10-,12+/m0/s1. The molecule has 0 amide bonds. The molecule has 4 nitrogen and oxygen atoms in total. The molecule has 0 aliphatic heterocycles. The highest BCUT2D eigenvalue weighted by Gasteiger charge is 2.21. The lowest BCUT2D eigenvalue weighted by Crippen LogP contribution is -2.52. The molecule has 2 rings (SSSR count). The van der Waals surface area contributed by atoms with E-state index in [1.807, 2.05) is 0 Å². The molecule has 7 heteroatoms. The molecular weight excluding hydrogens is 319 g/mol. The van der Waals surface area contributed by atoms with Gasteiger partial charge in [0, 0.05) is 6.04 Å². The van der Waals surface area contributed by atoms with Crippen molar-refractivity contribution in [3.05, 3.63) is 30.1 Å². The predicted molar refractivity (Wildman–Crippen MR) is 96.0 cm³/mol. The van der Waals surface area contributed by atoms with Crippen molar-refractivity contribution in [1.29, 1.82) is 0 Å². The third kappa shape index (κ3) is 5.06. The molecule has 1 aliphatic carbocycles. The fraction of sp³-hybridized carbons (Fsp3) is 0.467. The molecule has 4 N–H and O–H groups in total. The lowest BCUT2D eigenvalue weighted by molar-refractivity contribution is 0.308. The van der Waals surface area contributed by atoms with Crippen molar-refractivity contribution >= 4 is 40.3 Å². The number of thiocarbonyl (C=S) groups is 2. The van der Waals surface area contributed by atoms with Crippen LogP contribution in [0, 0.1) is 11.7 Å². The van der Waals surface area contributed by atoms with Gasteiger partial charge in [0.15, 0.2) is 10.2 Å². The van der Waals surface area contributed by atoms with Crippen molar-refractivity contribution in [3.63, 3.8) is 0 Å². The Hall–Kier alpha value is -1.47. The summed E-state index contributed by atoms with van der Waals surface area (Å²) in [6, 6.07) is 6.74. The van der Waals surface area contributed by atoms with Crippen LogP contribution in [-0.2, 0) is 0 Å². The van der Waals surface area contributed by atoms with Gasteiger partial charge in [0.25, 0.3) is 0 Å². The van der Waals surface area contributed by atoms with E-state index in [4.69, 9.17) is 24.4 Å². The lowest BCUT2D eigenvalue weighted by atomic mass is 9.86. The van der Waals surface area contributed by atoms with Crippen LogP contribution in [0.5, 0.6) is 0 Å². The number of anilines is 1. The van der Waals surface area contributed by atoms with Gasteiger partial charge < -0.3 is 10.6 Å². The van der Waals surface area contributed by atoms with Crippen LogP contribution in [0.15, 0.2) is 24.3 Å². The molecule has 0 radical (unpaired) electrons. The Morgan fingerprint density at radius 1 is 1.09 bits per heavy atom. The summed E-state index contributed by atoms with van der Waals surface area (Å²) in [4.78, 5) is 0. The maximum absolute atomic E-state index is 13.5. The fourth-order valence-electron chi connectivity index (χ4n) is 2.56. The Morgan fingerprint density at radius 3 is 2.50 bits per heavy atom. The van der Waals surface area contributed by atoms with Crippen LogP contribution in [0.3, 0.4) is 0 Å². The van der Waals surface area contributed by atoms with E-state index < -0.39 is 0 Å². The zero-order valence-electron chi connectivity index (χ0n) is 12.5. The van der Waals surface area contributed by atoms with Gasteiger partial charge in [-0.05, 0) is 55.3 Å². The Morgan fingerprint density at radius 2 is 1.77 bits per heavy atom. The Bertz CT molecular complexity index is 538. The monoisotopic (exact) mass is 340 g/mol. The van der Waals surface area contributed by atoms with Crippen molar-refractivity contribution in [2.45, 2.75) is 38.6 Å². The van der Waals surface area contributed by atoms with Crippen molar-refractivity contribution in [2.24, 2.45) is 5.92 Å². The molecule has 0 spiro atoms. The molecule has 1 saturated carbocycles. The summed E-state index contributed by atoms with van der Waals surface area (Å²) in [6.45, 7) is 2.23. The van der Waals surface area contributed by atoms with Crippen LogP contribution in [0.25, 0.3) is 0 Å². The van der Waals surface area contributed by atoms with Crippen molar-refractivity contribution in [1.82, 2.24) is 16.2 Å². The number of hydrogen-bond acceptors (Lipinski definition) is 2. The van der Waals surface area contributed by atoms with Gasteiger partial charge in [-0.2, -0.15) is 0 Å². The van der Waals surface area contributed by atoms with E-state index in [2.05, 4.69) is 28.4 Å². The number of nitrogens with one attached hydrogen (secondary N) is 4. The van der Waals surface area contributed by atoms with E-state index in [0.717, 1.165) is 6.42 Å². The number of halogens is 1. The first-order valence-corrected chi connectivity index (χ1v) is 8.26. The van der Waals surface area contributed by atoms with Gasteiger partial charge in [-0.25, -0.2) is 4.39 Å². The summed E-state index contributed by atoms with van der Waals surface area (Å²) in [6.07, 6.45) is 4.86. The molecule has 0 bridgehead atoms. The molecule has 2 atom stereocenters. The fourth-order valence-corrected chi connectivity index (χ4v) is 2.93. The number of para-hydroxylation sites is 1. The van der Waals surface area contributed by atoms with E-state index in [9.17, 15) is 4.39 Å². The van der Waals surface area contributed by atoms with E-state index in [-0.39, 0.29) is 10.9 Å². The summed E-state index contributed by atoms with van der Waals surface area (Å²) in [7, 11) is 0. The lowest BCUT2D eigenvalue weighted by Gasteiger charge is -2.30. The van der Waals surface area contributed by atoms with Crippen LogP contribution in [0.4, 0.5) is 10.1 Å². The first-order valence-electron chi connectivity index (χ1n) is 7.44. The average Bonchev–Trinajstić information content (AvgIpc) is 2.50. The van der Waals surface area contributed by atoms with Gasteiger partial charge in [0.2, 0.25) is 0 Å². The first kappa shape index (κ1) is 16.9. The Kier molecular flexibility index (Phi) is 6.33. The van der Waals surface area contributed by atoms with Crippen LogP contribution in [-0.4, -0.2) is 16.3 Å². The van der Waals surface area contributed by atoms with Crippen molar-refractivity contribution < 1.29 is 4.39 Å². The molecule has 0 heterocycles. The second-order valence-electron chi connectivity index (χ2n) is 5.53. The zero-order chi connectivity index (χ0) is 15.9. The van der Waals surface area contributed by atoms with Crippen LogP contribution in [0.2, 0.25) is 0 Å². The number of benzene rings is 1. The zero-order valence-corrected chi connectivity index (χ0v) is 14.1. The molecule has 1 aromatic rings. The Balaban J connectivity index is 1.74. The summed E-state index contributed by atoms with van der Waals surface area (Å²) < 4.78 is 13.5. The van der Waals surface area contributed by atoms with Crippen molar-refractivity contribution in [2.75, 3.05) is 5.32 Å². The largest absolute Gasteiger partial charge is 0.358 e. The Labute approximate surface area is 141 Å². The van der Waals surface area contributed by atoms with Crippen molar-refractivity contribution in [3.8, 4) is 0 Å². The van der Waals surface area contributed by atoms with Crippen LogP contribution >= 0.6 is 24.4 Å². The molecule has 0 saturated heterocycles. The van der Waals surface area contributed by atoms with E-state index in [1.165, 1.54) is 25.3 Å². The van der Waals surface area contributed by atoms with E-state index in [1.54, 1.807) is 18.2 Å². The highest BCUT2D eigenvalue weighted by Crippen LogP contribution is 2.23. The van der Waals surface area contributed by atoms with Gasteiger partial charge in [-0.15, -0.1) is 0 Å². The summed E-state index contributed by atoms with van der Waals surface area (Å²) >= 11 is 10.4. The summed E-state index contributed by atoms with van der Waals surface area (Å²) in [5.74, 6) is 0.250. The maximum Gasteiger partial charge on any atom is 0.189 e. The number of rotatable bonds is 2. The average molecular weight is 340 g/mol. The van der Waals surface area contributed by atoms with Gasteiger partial charge in [0.1, 0.15) is 5.82 Å². The minimum atomic E-state index is -0.358. The molecule has 120 valence electrons. The SMILES string of the molecule is C[C@H]1CCCC[C@H]1NC(=S)NNC(=S)Nc1ccccc1F. The second kappa shape index (κ2) is 8.24. The van der Waals surface area contributed by atoms with Gasteiger partial charge >= 0.3 is 0 Å². The smallest absolute Gasteiger partial charge is 0.189 e. The molecular formula is C15H21FN4S2. The van der Waals surface area contributed by atoms with Crippen LogP contribution < -0.4 is 21.5 Å². The third-order valence-corrected chi connectivity index (χ3v) is 4.26. The van der Waals surface area contributed by atoms with Gasteiger partial charge in [-0.1, -0.05) is 31.9 Å². The molecule has 1 aromatic carbocycles. The minimum absolute atomic E-state index is 0.256. The number of hydrogen-bond donors (Lipinski definition) is 4. The summed E-state index contributed by atoms with van der Waals surface area (Å²) in [5, 5.41) is 6.82. The normalized spacial score (nSPS) is 20.8. The highest BCUT2D eigenvalue weighted by atomic mass is 32.1. The maximum atomic E-state index is 13.5. The quantitative estimate of drug-likeness (QED) is 0.490.